The first kappa shape index (κ1) is 14.9. The number of carbonyl (C=O) groups is 1. The van der Waals surface area contributed by atoms with Gasteiger partial charge in [-0.15, -0.1) is 0 Å². The van der Waals surface area contributed by atoms with E-state index in [1.54, 1.807) is 6.07 Å². The van der Waals surface area contributed by atoms with E-state index in [1.807, 2.05) is 0 Å². The molecule has 3 N–H and O–H groups in total. The molecule has 0 bridgehead atoms. The molecule has 21 heavy (non-hydrogen) atoms. The highest BCUT2D eigenvalue weighted by molar-refractivity contribution is 5.98. The van der Waals surface area contributed by atoms with Crippen LogP contribution < -0.4 is 11.1 Å². The van der Waals surface area contributed by atoms with Crippen LogP contribution in [0.3, 0.4) is 0 Å². The molecular weight excluding hydrogens is 281 g/mol. The lowest BCUT2D eigenvalue weighted by Crippen LogP contribution is -2.29. The normalized spacial score (nSPS) is 12.7. The van der Waals surface area contributed by atoms with Gasteiger partial charge < -0.3 is 11.1 Å². The zero-order valence-electron chi connectivity index (χ0n) is 10.9. The van der Waals surface area contributed by atoms with E-state index >= 15 is 0 Å². The van der Waals surface area contributed by atoms with E-state index in [1.165, 1.54) is 48.5 Å². The van der Waals surface area contributed by atoms with Crippen LogP contribution in [-0.4, -0.2) is 12.1 Å². The summed E-state index contributed by atoms with van der Waals surface area (Å²) in [5, 5.41) is 2.36. The number of primary amides is 1. The molecule has 0 radical (unpaired) electrons. The van der Waals surface area contributed by atoms with Gasteiger partial charge in [0.1, 0.15) is 6.04 Å². The highest BCUT2D eigenvalue weighted by Crippen LogP contribution is 2.36. The van der Waals surface area contributed by atoms with Gasteiger partial charge in [0.25, 0.3) is 5.91 Å². The predicted octanol–water partition coefficient (Wildman–Crippen LogP) is 3.50. The van der Waals surface area contributed by atoms with Gasteiger partial charge in [-0.3, -0.25) is 4.79 Å². The summed E-state index contributed by atoms with van der Waals surface area (Å²) in [5.41, 5.74) is 5.31. The molecule has 1 amide bonds. The van der Waals surface area contributed by atoms with Crippen molar-refractivity contribution in [1.29, 1.82) is 0 Å². The van der Waals surface area contributed by atoms with Gasteiger partial charge in [-0.05, 0) is 17.7 Å². The third kappa shape index (κ3) is 3.53. The maximum atomic E-state index is 13.2. The quantitative estimate of drug-likeness (QED) is 0.906. The van der Waals surface area contributed by atoms with E-state index < -0.39 is 18.1 Å². The van der Waals surface area contributed by atoms with Crippen LogP contribution in [0.15, 0.2) is 54.6 Å². The Morgan fingerprint density at radius 3 is 2.14 bits per heavy atom. The van der Waals surface area contributed by atoms with E-state index in [-0.39, 0.29) is 16.8 Å². The van der Waals surface area contributed by atoms with Crippen LogP contribution in [0.25, 0.3) is 0 Å². The van der Waals surface area contributed by atoms with E-state index in [0.29, 0.717) is 0 Å². The Morgan fingerprint density at radius 1 is 1.00 bits per heavy atom. The average Bonchev–Trinajstić information content (AvgIpc) is 2.44. The summed E-state index contributed by atoms with van der Waals surface area (Å²) in [5.74, 6) is -0.785. The van der Waals surface area contributed by atoms with Crippen molar-refractivity contribution >= 4 is 11.6 Å². The lowest BCUT2D eigenvalue weighted by atomic mass is 10.0. The number of hydrogen-bond donors (Lipinski definition) is 2. The fourth-order valence-corrected chi connectivity index (χ4v) is 1.98. The lowest BCUT2D eigenvalue weighted by Gasteiger charge is -2.24. The van der Waals surface area contributed by atoms with Gasteiger partial charge >= 0.3 is 6.18 Å². The van der Waals surface area contributed by atoms with Crippen molar-refractivity contribution < 1.29 is 18.0 Å². The Kier molecular flexibility index (Phi) is 4.16. The SMILES string of the molecule is NC(=O)c1ccccc1N[C@H](c1ccccc1)C(F)(F)F. The number of para-hydroxylation sites is 1. The minimum Gasteiger partial charge on any atom is -0.370 e. The van der Waals surface area contributed by atoms with E-state index in [4.69, 9.17) is 5.73 Å². The number of anilines is 1. The van der Waals surface area contributed by atoms with Crippen LogP contribution in [-0.2, 0) is 0 Å². The minimum absolute atomic E-state index is 0.0164. The number of benzene rings is 2. The van der Waals surface area contributed by atoms with Crippen molar-refractivity contribution in [2.45, 2.75) is 12.2 Å². The topological polar surface area (TPSA) is 55.1 Å². The summed E-state index contributed by atoms with van der Waals surface area (Å²) < 4.78 is 39.7. The van der Waals surface area contributed by atoms with Gasteiger partial charge in [-0.2, -0.15) is 13.2 Å². The molecule has 1 atom stereocenters. The van der Waals surface area contributed by atoms with Crippen LogP contribution in [0.4, 0.5) is 18.9 Å². The molecule has 110 valence electrons. The maximum absolute atomic E-state index is 13.2. The molecule has 0 aliphatic heterocycles. The standard InChI is InChI=1S/C15H13F3N2O/c16-15(17,18)13(10-6-2-1-3-7-10)20-12-9-5-4-8-11(12)14(19)21/h1-9,13,20H,(H2,19,21)/t13-/m1/s1. The van der Waals surface area contributed by atoms with Crippen molar-refractivity contribution in [2.24, 2.45) is 5.73 Å². The zero-order valence-corrected chi connectivity index (χ0v) is 10.9. The third-order valence-electron chi connectivity index (χ3n) is 2.95. The number of nitrogens with two attached hydrogens (primary N) is 1. The fourth-order valence-electron chi connectivity index (χ4n) is 1.98. The number of alkyl halides is 3. The molecule has 0 spiro atoms. The summed E-state index contributed by atoms with van der Waals surface area (Å²) in [6, 6.07) is 11.4. The van der Waals surface area contributed by atoms with Crippen LogP contribution in [0, 0.1) is 0 Å². The molecule has 3 nitrogen and oxygen atoms in total. The molecule has 0 aromatic heterocycles. The molecule has 0 saturated heterocycles. The van der Waals surface area contributed by atoms with E-state index in [9.17, 15) is 18.0 Å². The number of hydrogen-bond acceptors (Lipinski definition) is 2. The van der Waals surface area contributed by atoms with Gasteiger partial charge in [0.15, 0.2) is 0 Å². The van der Waals surface area contributed by atoms with Crippen molar-refractivity contribution in [1.82, 2.24) is 0 Å². The van der Waals surface area contributed by atoms with Gasteiger partial charge in [-0.1, -0.05) is 42.5 Å². The molecule has 2 aromatic carbocycles. The van der Waals surface area contributed by atoms with Crippen LogP contribution in [0.2, 0.25) is 0 Å². The summed E-state index contributed by atoms with van der Waals surface area (Å²) in [6.45, 7) is 0. The number of rotatable bonds is 4. The van der Waals surface area contributed by atoms with Crippen LogP contribution in [0.1, 0.15) is 22.0 Å². The Hall–Kier alpha value is -2.50. The fraction of sp³-hybridized carbons (Fsp3) is 0.133. The third-order valence-corrected chi connectivity index (χ3v) is 2.95. The van der Waals surface area contributed by atoms with E-state index in [2.05, 4.69) is 5.32 Å². The second-order valence-electron chi connectivity index (χ2n) is 4.44. The van der Waals surface area contributed by atoms with E-state index in [0.717, 1.165) is 0 Å². The Bertz CT molecular complexity index is 626. The molecule has 6 heteroatoms. The van der Waals surface area contributed by atoms with Crippen LogP contribution >= 0.6 is 0 Å². The molecule has 2 rings (SSSR count). The number of nitrogens with one attached hydrogen (secondary N) is 1. The van der Waals surface area contributed by atoms with Crippen LogP contribution in [0.5, 0.6) is 0 Å². The first-order valence-corrected chi connectivity index (χ1v) is 6.16. The zero-order chi connectivity index (χ0) is 15.5. The first-order chi connectivity index (χ1) is 9.89. The van der Waals surface area contributed by atoms with Crippen molar-refractivity contribution in [3.8, 4) is 0 Å². The molecule has 0 heterocycles. The summed E-state index contributed by atoms with van der Waals surface area (Å²) in [7, 11) is 0. The van der Waals surface area contributed by atoms with Gasteiger partial charge in [0, 0.05) is 5.69 Å². The molecule has 0 unspecified atom stereocenters. The second kappa shape index (κ2) is 5.87. The Labute approximate surface area is 119 Å². The number of carbonyl (C=O) groups excluding carboxylic acids is 1. The predicted molar refractivity (Wildman–Crippen MR) is 73.8 cm³/mol. The smallest absolute Gasteiger partial charge is 0.370 e. The van der Waals surface area contributed by atoms with Gasteiger partial charge in [0.05, 0.1) is 5.56 Å². The Morgan fingerprint density at radius 2 is 1.57 bits per heavy atom. The molecule has 0 fully saturated rings. The van der Waals surface area contributed by atoms with Crippen molar-refractivity contribution in [3.63, 3.8) is 0 Å². The highest BCUT2D eigenvalue weighted by atomic mass is 19.4. The van der Waals surface area contributed by atoms with Crippen molar-refractivity contribution in [3.05, 3.63) is 65.7 Å². The number of amides is 1. The lowest BCUT2D eigenvalue weighted by molar-refractivity contribution is -0.144. The van der Waals surface area contributed by atoms with Gasteiger partial charge in [0.2, 0.25) is 0 Å². The van der Waals surface area contributed by atoms with Crippen molar-refractivity contribution in [2.75, 3.05) is 5.32 Å². The molecule has 0 aliphatic rings. The second-order valence-corrected chi connectivity index (χ2v) is 4.44. The highest BCUT2D eigenvalue weighted by Gasteiger charge is 2.41. The Balaban J connectivity index is 2.40. The molecule has 0 aliphatic carbocycles. The molecule has 2 aromatic rings. The van der Waals surface area contributed by atoms with Gasteiger partial charge in [-0.25, -0.2) is 0 Å². The summed E-state index contributed by atoms with van der Waals surface area (Å²) >= 11 is 0. The minimum atomic E-state index is -4.51. The number of halogens is 3. The largest absolute Gasteiger partial charge is 0.412 e. The molecule has 0 saturated carbocycles. The first-order valence-electron chi connectivity index (χ1n) is 6.16. The summed E-state index contributed by atoms with van der Waals surface area (Å²) in [4.78, 5) is 11.3. The summed E-state index contributed by atoms with van der Waals surface area (Å²) in [6.07, 6.45) is -4.51. The molecular formula is C15H13F3N2O. The average molecular weight is 294 g/mol. The maximum Gasteiger partial charge on any atom is 0.412 e. The monoisotopic (exact) mass is 294 g/mol.